The SMILES string of the molecule is C[C@@H](C(=O)Nc1ccc(Cl)cc1)C1CCC(c2cnc3ccccc3c2)CC1. The van der Waals surface area contributed by atoms with Crippen LogP contribution < -0.4 is 5.32 Å². The van der Waals surface area contributed by atoms with E-state index in [1.54, 1.807) is 12.1 Å². The van der Waals surface area contributed by atoms with Gasteiger partial charge in [-0.15, -0.1) is 0 Å². The van der Waals surface area contributed by atoms with E-state index in [-0.39, 0.29) is 11.8 Å². The van der Waals surface area contributed by atoms with Gasteiger partial charge in [0.15, 0.2) is 0 Å². The van der Waals surface area contributed by atoms with E-state index >= 15 is 0 Å². The topological polar surface area (TPSA) is 42.0 Å². The Labute approximate surface area is 171 Å². The lowest BCUT2D eigenvalue weighted by Crippen LogP contribution is -2.29. The lowest BCUT2D eigenvalue weighted by molar-refractivity contribution is -0.121. The van der Waals surface area contributed by atoms with Crippen molar-refractivity contribution in [2.45, 2.75) is 38.5 Å². The highest BCUT2D eigenvalue weighted by Crippen LogP contribution is 2.39. The first-order valence-corrected chi connectivity index (χ1v) is 10.4. The Morgan fingerprint density at radius 3 is 2.54 bits per heavy atom. The number of carbonyl (C=O) groups excluding carboxylic acids is 1. The van der Waals surface area contributed by atoms with Crippen LogP contribution in [0.1, 0.15) is 44.1 Å². The fraction of sp³-hybridized carbons (Fsp3) is 0.333. The molecule has 0 spiro atoms. The number of carbonyl (C=O) groups is 1. The van der Waals surface area contributed by atoms with Crippen LogP contribution in [0.25, 0.3) is 10.9 Å². The van der Waals surface area contributed by atoms with Gasteiger partial charge in [-0.25, -0.2) is 0 Å². The molecule has 0 radical (unpaired) electrons. The molecule has 144 valence electrons. The molecule has 1 atom stereocenters. The quantitative estimate of drug-likeness (QED) is 0.555. The monoisotopic (exact) mass is 392 g/mol. The smallest absolute Gasteiger partial charge is 0.227 e. The van der Waals surface area contributed by atoms with Crippen LogP contribution in [0.5, 0.6) is 0 Å². The molecule has 1 aliphatic carbocycles. The van der Waals surface area contributed by atoms with Crippen molar-refractivity contribution in [2.75, 3.05) is 5.32 Å². The summed E-state index contributed by atoms with van der Waals surface area (Å²) in [5, 5.41) is 4.90. The number of hydrogen-bond donors (Lipinski definition) is 1. The highest BCUT2D eigenvalue weighted by atomic mass is 35.5. The molecule has 1 saturated carbocycles. The lowest BCUT2D eigenvalue weighted by Gasteiger charge is -2.32. The predicted molar refractivity (Wildman–Crippen MR) is 116 cm³/mol. The van der Waals surface area contributed by atoms with Crippen molar-refractivity contribution >= 4 is 34.1 Å². The van der Waals surface area contributed by atoms with Crippen molar-refractivity contribution in [1.29, 1.82) is 0 Å². The maximum absolute atomic E-state index is 12.6. The van der Waals surface area contributed by atoms with Crippen molar-refractivity contribution in [3.8, 4) is 0 Å². The zero-order valence-corrected chi connectivity index (χ0v) is 16.8. The Kier molecular flexibility index (Phi) is 5.63. The van der Waals surface area contributed by atoms with Crippen LogP contribution in [-0.2, 0) is 4.79 Å². The van der Waals surface area contributed by atoms with Crippen molar-refractivity contribution in [3.63, 3.8) is 0 Å². The standard InChI is InChI=1S/C24H25ClN2O/c1-16(24(28)27-22-12-10-21(25)11-13-22)17-6-8-18(9-7-17)20-14-19-4-2-3-5-23(19)26-15-20/h2-5,10-18H,6-9H2,1H3,(H,27,28)/t16-,17?,18?/m1/s1. The molecule has 1 fully saturated rings. The number of halogens is 1. The predicted octanol–water partition coefficient (Wildman–Crippen LogP) is 6.44. The maximum Gasteiger partial charge on any atom is 0.227 e. The highest BCUT2D eigenvalue weighted by molar-refractivity contribution is 6.30. The molecular weight excluding hydrogens is 368 g/mol. The second-order valence-corrected chi connectivity index (χ2v) is 8.29. The number of hydrogen-bond acceptors (Lipinski definition) is 2. The zero-order chi connectivity index (χ0) is 19.5. The van der Waals surface area contributed by atoms with Crippen LogP contribution >= 0.6 is 11.6 Å². The van der Waals surface area contributed by atoms with Gasteiger partial charge in [-0.1, -0.05) is 36.7 Å². The minimum Gasteiger partial charge on any atom is -0.326 e. The summed E-state index contributed by atoms with van der Waals surface area (Å²) in [6.45, 7) is 2.05. The maximum atomic E-state index is 12.6. The van der Waals surface area contributed by atoms with E-state index in [9.17, 15) is 4.79 Å². The molecule has 28 heavy (non-hydrogen) atoms. The molecule has 1 aliphatic rings. The minimum atomic E-state index is 0.00589. The number of rotatable bonds is 4. The minimum absolute atomic E-state index is 0.00589. The molecule has 0 aliphatic heterocycles. The number of fused-ring (bicyclic) bond motifs is 1. The summed E-state index contributed by atoms with van der Waals surface area (Å²) < 4.78 is 0. The second kappa shape index (κ2) is 8.32. The largest absolute Gasteiger partial charge is 0.326 e. The highest BCUT2D eigenvalue weighted by Gasteiger charge is 2.29. The third kappa shape index (κ3) is 4.20. The number of nitrogens with one attached hydrogen (secondary N) is 1. The van der Waals surface area contributed by atoms with Gasteiger partial charge < -0.3 is 5.32 Å². The number of pyridine rings is 1. The average molecular weight is 393 g/mol. The van der Waals surface area contributed by atoms with Gasteiger partial charge in [0.1, 0.15) is 0 Å². The molecule has 1 heterocycles. The normalized spacial score (nSPS) is 20.6. The summed E-state index contributed by atoms with van der Waals surface area (Å²) in [4.78, 5) is 17.3. The molecule has 0 saturated heterocycles. The fourth-order valence-electron chi connectivity index (χ4n) is 4.27. The summed E-state index contributed by atoms with van der Waals surface area (Å²) in [7, 11) is 0. The lowest BCUT2D eigenvalue weighted by atomic mass is 9.74. The van der Waals surface area contributed by atoms with E-state index in [4.69, 9.17) is 11.6 Å². The summed E-state index contributed by atoms with van der Waals surface area (Å²) in [5.41, 5.74) is 3.18. The summed E-state index contributed by atoms with van der Waals surface area (Å²) >= 11 is 5.91. The molecule has 1 amide bonds. The molecule has 4 rings (SSSR count). The average Bonchev–Trinajstić information content (AvgIpc) is 2.74. The Morgan fingerprint density at radius 1 is 1.07 bits per heavy atom. The van der Waals surface area contributed by atoms with E-state index in [1.165, 1.54) is 10.9 Å². The number of benzene rings is 2. The Morgan fingerprint density at radius 2 is 1.79 bits per heavy atom. The first-order chi connectivity index (χ1) is 13.6. The summed E-state index contributed by atoms with van der Waals surface area (Å²) in [6, 6.07) is 17.8. The fourth-order valence-corrected chi connectivity index (χ4v) is 4.39. The van der Waals surface area contributed by atoms with E-state index < -0.39 is 0 Å². The molecule has 2 aromatic carbocycles. The summed E-state index contributed by atoms with van der Waals surface area (Å²) in [6.07, 6.45) is 6.41. The van der Waals surface area contributed by atoms with Crippen LogP contribution in [0, 0.1) is 11.8 Å². The van der Waals surface area contributed by atoms with Crippen molar-refractivity contribution in [2.24, 2.45) is 11.8 Å². The first kappa shape index (κ1) is 18.9. The van der Waals surface area contributed by atoms with Crippen molar-refractivity contribution in [3.05, 3.63) is 71.4 Å². The third-order valence-corrected chi connectivity index (χ3v) is 6.34. The number of amides is 1. The van der Waals surface area contributed by atoms with Crippen molar-refractivity contribution in [1.82, 2.24) is 4.98 Å². The van der Waals surface area contributed by atoms with Gasteiger partial charge in [-0.2, -0.15) is 0 Å². The number of nitrogens with zero attached hydrogens (tertiary/aromatic N) is 1. The molecule has 4 heteroatoms. The summed E-state index contributed by atoms with van der Waals surface area (Å²) in [5.74, 6) is 1.07. The van der Waals surface area contributed by atoms with Crippen LogP contribution in [0.4, 0.5) is 5.69 Å². The molecule has 0 bridgehead atoms. The van der Waals surface area contributed by atoms with E-state index in [0.717, 1.165) is 36.9 Å². The molecule has 1 aromatic heterocycles. The molecule has 1 N–H and O–H groups in total. The van der Waals surface area contributed by atoms with Gasteiger partial charge in [-0.05, 0) is 79.5 Å². The second-order valence-electron chi connectivity index (χ2n) is 7.86. The van der Waals surface area contributed by atoms with E-state index in [0.29, 0.717) is 16.9 Å². The number of aromatic nitrogens is 1. The van der Waals surface area contributed by atoms with E-state index in [1.807, 2.05) is 31.3 Å². The molecule has 0 unspecified atom stereocenters. The Balaban J connectivity index is 1.36. The van der Waals surface area contributed by atoms with E-state index in [2.05, 4.69) is 34.6 Å². The van der Waals surface area contributed by atoms with Crippen LogP contribution in [0.3, 0.4) is 0 Å². The van der Waals surface area contributed by atoms with Gasteiger partial charge in [0.25, 0.3) is 0 Å². The number of anilines is 1. The van der Waals surface area contributed by atoms with Crippen LogP contribution in [0.15, 0.2) is 60.8 Å². The first-order valence-electron chi connectivity index (χ1n) is 10.0. The Bertz CT molecular complexity index is 962. The third-order valence-electron chi connectivity index (χ3n) is 6.09. The van der Waals surface area contributed by atoms with Gasteiger partial charge in [0.2, 0.25) is 5.91 Å². The molecule has 3 nitrogen and oxygen atoms in total. The van der Waals surface area contributed by atoms with Gasteiger partial charge in [0.05, 0.1) is 5.52 Å². The number of para-hydroxylation sites is 1. The van der Waals surface area contributed by atoms with Gasteiger partial charge in [-0.3, -0.25) is 9.78 Å². The molecule has 3 aromatic rings. The van der Waals surface area contributed by atoms with Crippen molar-refractivity contribution < 1.29 is 4.79 Å². The van der Waals surface area contributed by atoms with Crippen LogP contribution in [-0.4, -0.2) is 10.9 Å². The van der Waals surface area contributed by atoms with Crippen LogP contribution in [0.2, 0.25) is 5.02 Å². The van der Waals surface area contributed by atoms with Gasteiger partial charge in [0, 0.05) is 28.2 Å². The molecular formula is C24H25ClN2O. The zero-order valence-electron chi connectivity index (χ0n) is 16.1. The van der Waals surface area contributed by atoms with Gasteiger partial charge >= 0.3 is 0 Å². The Hall–Kier alpha value is -2.39.